The Morgan fingerprint density at radius 3 is 2.63 bits per heavy atom. The van der Waals surface area contributed by atoms with E-state index in [2.05, 4.69) is 4.74 Å². The molecule has 1 aliphatic rings. The molecule has 0 aromatic heterocycles. The molecule has 1 aliphatic heterocycles. The normalized spacial score (nSPS) is 16.6. The summed E-state index contributed by atoms with van der Waals surface area (Å²) in [6.45, 7) is 3.48. The van der Waals surface area contributed by atoms with Gasteiger partial charge in [-0.2, -0.15) is 0 Å². The smallest absolute Gasteiger partial charge is 0.325 e. The van der Waals surface area contributed by atoms with E-state index in [0.717, 1.165) is 23.1 Å². The van der Waals surface area contributed by atoms with Crippen LogP contribution in [0, 0.1) is 0 Å². The van der Waals surface area contributed by atoms with Crippen molar-refractivity contribution in [3.63, 3.8) is 0 Å². The fourth-order valence-electron chi connectivity index (χ4n) is 2.20. The lowest BCUT2D eigenvalue weighted by atomic mass is 10.1. The summed E-state index contributed by atoms with van der Waals surface area (Å²) in [5, 5.41) is -0.207. The van der Waals surface area contributed by atoms with Gasteiger partial charge in [0.1, 0.15) is 6.54 Å². The van der Waals surface area contributed by atoms with Gasteiger partial charge < -0.3 is 14.2 Å². The number of benzene rings is 1. The van der Waals surface area contributed by atoms with E-state index in [9.17, 15) is 14.4 Å². The number of imide groups is 1. The van der Waals surface area contributed by atoms with E-state index in [-0.39, 0.29) is 11.0 Å². The molecule has 1 saturated heterocycles. The molecule has 27 heavy (non-hydrogen) atoms. The second-order valence-electron chi connectivity index (χ2n) is 5.71. The van der Waals surface area contributed by atoms with Gasteiger partial charge in [-0.3, -0.25) is 19.3 Å². The summed E-state index contributed by atoms with van der Waals surface area (Å²) < 4.78 is 15.6. The Kier molecular flexibility index (Phi) is 7.15. The van der Waals surface area contributed by atoms with Gasteiger partial charge in [-0.1, -0.05) is 18.5 Å². The van der Waals surface area contributed by atoms with Crippen molar-refractivity contribution in [2.45, 2.75) is 26.4 Å². The summed E-state index contributed by atoms with van der Waals surface area (Å²) in [6, 6.07) is 3.29. The molecule has 2 rings (SSSR count). The number of carbonyl (C=O) groups excluding carboxylic acids is 3. The van der Waals surface area contributed by atoms with Crippen LogP contribution in [0.15, 0.2) is 17.0 Å². The maximum atomic E-state index is 12.4. The van der Waals surface area contributed by atoms with Crippen molar-refractivity contribution in [2.75, 3.05) is 20.8 Å². The molecule has 0 unspecified atom stereocenters. The lowest BCUT2D eigenvalue weighted by molar-refractivity contribution is -0.143. The predicted molar refractivity (Wildman–Crippen MR) is 103 cm³/mol. The highest BCUT2D eigenvalue weighted by atomic mass is 35.5. The first-order valence-corrected chi connectivity index (χ1v) is 9.36. The van der Waals surface area contributed by atoms with E-state index in [0.29, 0.717) is 22.1 Å². The van der Waals surface area contributed by atoms with E-state index >= 15 is 0 Å². The number of carbonyl (C=O) groups is 3. The van der Waals surface area contributed by atoms with Crippen molar-refractivity contribution in [2.24, 2.45) is 0 Å². The molecule has 0 N–H and O–H groups in total. The highest BCUT2D eigenvalue weighted by Gasteiger charge is 2.36. The number of nitrogens with zero attached hydrogens (tertiary/aromatic N) is 1. The highest BCUT2D eigenvalue weighted by Crippen LogP contribution is 2.39. The first-order valence-electron chi connectivity index (χ1n) is 8.17. The lowest BCUT2D eigenvalue weighted by Crippen LogP contribution is -2.34. The monoisotopic (exact) mass is 413 g/mol. The quantitative estimate of drug-likeness (QED) is 0.497. The number of halogens is 1. The first kappa shape index (κ1) is 21.1. The Balaban J connectivity index is 2.31. The van der Waals surface area contributed by atoms with Gasteiger partial charge in [0, 0.05) is 0 Å². The fraction of sp³-hybridized carbons (Fsp3) is 0.389. The minimum absolute atomic E-state index is 0.0444. The molecule has 2 amide bonds. The van der Waals surface area contributed by atoms with Crippen LogP contribution in [0.3, 0.4) is 0 Å². The fourth-order valence-corrected chi connectivity index (χ4v) is 3.31. The number of hydrogen-bond donors (Lipinski definition) is 0. The van der Waals surface area contributed by atoms with E-state index in [1.165, 1.54) is 20.3 Å². The number of rotatable bonds is 7. The van der Waals surface area contributed by atoms with E-state index in [1.807, 2.05) is 13.8 Å². The molecular weight excluding hydrogens is 394 g/mol. The van der Waals surface area contributed by atoms with Crippen LogP contribution in [-0.4, -0.2) is 48.9 Å². The van der Waals surface area contributed by atoms with Crippen LogP contribution in [0.5, 0.6) is 11.5 Å². The van der Waals surface area contributed by atoms with Crippen LogP contribution in [0.25, 0.3) is 6.08 Å². The van der Waals surface area contributed by atoms with Crippen molar-refractivity contribution in [3.05, 3.63) is 27.6 Å². The Morgan fingerprint density at radius 2 is 2.04 bits per heavy atom. The topological polar surface area (TPSA) is 82.1 Å². The van der Waals surface area contributed by atoms with Crippen LogP contribution in [0.1, 0.15) is 25.8 Å². The Morgan fingerprint density at radius 1 is 1.33 bits per heavy atom. The molecule has 1 aromatic rings. The van der Waals surface area contributed by atoms with Gasteiger partial charge in [-0.15, -0.1) is 0 Å². The van der Waals surface area contributed by atoms with E-state index in [4.69, 9.17) is 21.1 Å². The predicted octanol–water partition coefficient (Wildman–Crippen LogP) is 3.74. The van der Waals surface area contributed by atoms with Crippen LogP contribution >= 0.6 is 23.4 Å². The molecule has 1 heterocycles. The van der Waals surface area contributed by atoms with Gasteiger partial charge in [0.15, 0.2) is 11.5 Å². The average molecular weight is 414 g/mol. The zero-order chi connectivity index (χ0) is 20.1. The molecule has 0 aliphatic carbocycles. The standard InChI is InChI=1S/C18H20ClNO6S/c1-5-10(2)26-16-12(19)6-11(7-13(16)24-3)8-14-17(22)20(18(23)27-14)9-15(21)25-4/h6-8,10H,5,9H2,1-4H3/b14-8+/t10-/m1/s1. The Labute approximate surface area is 166 Å². The van der Waals surface area contributed by atoms with E-state index in [1.54, 1.807) is 12.1 Å². The number of hydrogen-bond acceptors (Lipinski definition) is 7. The van der Waals surface area contributed by atoms with Crippen molar-refractivity contribution >= 4 is 46.6 Å². The van der Waals surface area contributed by atoms with Gasteiger partial charge in [0.25, 0.3) is 11.1 Å². The largest absolute Gasteiger partial charge is 0.493 e. The van der Waals surface area contributed by atoms with Crippen LogP contribution in [0.2, 0.25) is 5.02 Å². The van der Waals surface area contributed by atoms with Crippen LogP contribution in [-0.2, 0) is 14.3 Å². The van der Waals surface area contributed by atoms with Crippen molar-refractivity contribution in [3.8, 4) is 11.5 Å². The summed E-state index contributed by atoms with van der Waals surface area (Å²) in [5.41, 5.74) is 0.567. The zero-order valence-electron chi connectivity index (χ0n) is 15.4. The third-order valence-electron chi connectivity index (χ3n) is 3.83. The molecule has 1 aromatic carbocycles. The Hall–Kier alpha value is -2.19. The zero-order valence-corrected chi connectivity index (χ0v) is 17.0. The summed E-state index contributed by atoms with van der Waals surface area (Å²) in [6.07, 6.45) is 2.27. The SMILES string of the molecule is CC[C@@H](C)Oc1c(Cl)cc(/C=C2/SC(=O)N(CC(=O)OC)C2=O)cc1OC. The molecule has 1 fully saturated rings. The summed E-state index contributed by atoms with van der Waals surface area (Å²) in [7, 11) is 2.68. The maximum absolute atomic E-state index is 12.4. The number of esters is 1. The first-order chi connectivity index (χ1) is 12.8. The number of thioether (sulfide) groups is 1. The van der Waals surface area contributed by atoms with Gasteiger partial charge >= 0.3 is 5.97 Å². The molecule has 0 bridgehead atoms. The molecule has 0 spiro atoms. The van der Waals surface area contributed by atoms with Crippen LogP contribution in [0.4, 0.5) is 4.79 Å². The molecule has 0 saturated carbocycles. The van der Waals surface area contributed by atoms with Gasteiger partial charge in [-0.25, -0.2) is 0 Å². The molecular formula is C18H20ClNO6S. The molecule has 146 valence electrons. The minimum atomic E-state index is -0.671. The van der Waals surface area contributed by atoms with Gasteiger partial charge in [-0.05, 0) is 48.9 Å². The van der Waals surface area contributed by atoms with Crippen LogP contribution < -0.4 is 9.47 Å². The molecule has 0 radical (unpaired) electrons. The summed E-state index contributed by atoms with van der Waals surface area (Å²) in [4.78, 5) is 36.7. The van der Waals surface area contributed by atoms with Crippen molar-refractivity contribution in [1.29, 1.82) is 0 Å². The number of methoxy groups -OCH3 is 2. The third-order valence-corrected chi connectivity index (χ3v) is 5.02. The van der Waals surface area contributed by atoms with Gasteiger partial charge in [0.05, 0.1) is 30.3 Å². The summed E-state index contributed by atoms with van der Waals surface area (Å²) >= 11 is 7.06. The Bertz CT molecular complexity index is 794. The highest BCUT2D eigenvalue weighted by molar-refractivity contribution is 8.18. The number of ether oxygens (including phenoxy) is 3. The second-order valence-corrected chi connectivity index (χ2v) is 7.12. The summed E-state index contributed by atoms with van der Waals surface area (Å²) in [5.74, 6) is -0.396. The van der Waals surface area contributed by atoms with Crippen molar-refractivity contribution in [1.82, 2.24) is 4.90 Å². The van der Waals surface area contributed by atoms with E-state index < -0.39 is 23.7 Å². The maximum Gasteiger partial charge on any atom is 0.325 e. The second kappa shape index (κ2) is 9.14. The molecule has 9 heteroatoms. The van der Waals surface area contributed by atoms with Gasteiger partial charge in [0.2, 0.25) is 0 Å². The minimum Gasteiger partial charge on any atom is -0.493 e. The third kappa shape index (κ3) is 4.95. The molecule has 7 nitrogen and oxygen atoms in total. The average Bonchev–Trinajstić information content (AvgIpc) is 2.90. The number of amides is 2. The van der Waals surface area contributed by atoms with Crippen molar-refractivity contribution < 1.29 is 28.6 Å². The lowest BCUT2D eigenvalue weighted by Gasteiger charge is -2.17. The molecule has 1 atom stereocenters.